The van der Waals surface area contributed by atoms with Gasteiger partial charge in [-0.1, -0.05) is 6.42 Å². The first-order chi connectivity index (χ1) is 6.70. The van der Waals surface area contributed by atoms with Crippen LogP contribution < -0.4 is 16.8 Å². The van der Waals surface area contributed by atoms with E-state index in [0.717, 1.165) is 13.0 Å². The SMILES string of the molecule is NC(=O)C(N)COCC1CCCCN1. The lowest BCUT2D eigenvalue weighted by atomic mass is 10.1. The highest BCUT2D eigenvalue weighted by molar-refractivity contribution is 5.79. The Labute approximate surface area is 84.2 Å². The standard InChI is InChI=1S/C9H19N3O2/c10-8(9(11)13)6-14-5-7-3-1-2-4-12-7/h7-8,12H,1-6,10H2,(H2,11,13). The Bertz CT molecular complexity index is 181. The van der Waals surface area contributed by atoms with E-state index in [2.05, 4.69) is 5.32 Å². The highest BCUT2D eigenvalue weighted by Gasteiger charge is 2.14. The van der Waals surface area contributed by atoms with E-state index in [0.29, 0.717) is 12.6 Å². The molecule has 2 atom stereocenters. The lowest BCUT2D eigenvalue weighted by Crippen LogP contribution is -2.42. The van der Waals surface area contributed by atoms with Gasteiger partial charge in [-0.15, -0.1) is 0 Å². The number of amides is 1. The van der Waals surface area contributed by atoms with E-state index in [9.17, 15) is 4.79 Å². The summed E-state index contributed by atoms with van der Waals surface area (Å²) in [7, 11) is 0. The summed E-state index contributed by atoms with van der Waals surface area (Å²) in [6.07, 6.45) is 3.60. The smallest absolute Gasteiger partial charge is 0.236 e. The van der Waals surface area contributed by atoms with Crippen LogP contribution in [-0.2, 0) is 9.53 Å². The van der Waals surface area contributed by atoms with Crippen molar-refractivity contribution in [1.29, 1.82) is 0 Å². The van der Waals surface area contributed by atoms with Gasteiger partial charge in [0, 0.05) is 6.04 Å². The third-order valence-corrected chi connectivity index (χ3v) is 2.39. The third kappa shape index (κ3) is 4.04. The van der Waals surface area contributed by atoms with Crippen LogP contribution >= 0.6 is 0 Å². The average Bonchev–Trinajstić information content (AvgIpc) is 2.19. The minimum atomic E-state index is -0.682. The Balaban J connectivity index is 2.05. The van der Waals surface area contributed by atoms with Gasteiger partial charge in [0.2, 0.25) is 5.91 Å². The van der Waals surface area contributed by atoms with Crippen LogP contribution in [0.15, 0.2) is 0 Å². The van der Waals surface area contributed by atoms with Gasteiger partial charge in [-0.2, -0.15) is 0 Å². The van der Waals surface area contributed by atoms with Crippen molar-refractivity contribution in [1.82, 2.24) is 5.32 Å². The topological polar surface area (TPSA) is 90.4 Å². The van der Waals surface area contributed by atoms with Crippen molar-refractivity contribution in [2.75, 3.05) is 19.8 Å². The zero-order valence-electron chi connectivity index (χ0n) is 8.37. The molecule has 0 saturated carbocycles. The maximum atomic E-state index is 10.6. The molecule has 0 aromatic heterocycles. The molecule has 1 aliphatic heterocycles. The molecule has 5 nitrogen and oxygen atoms in total. The summed E-state index contributed by atoms with van der Waals surface area (Å²) < 4.78 is 5.31. The van der Waals surface area contributed by atoms with E-state index in [-0.39, 0.29) is 6.61 Å². The minimum Gasteiger partial charge on any atom is -0.378 e. The number of hydrogen-bond acceptors (Lipinski definition) is 4. The van der Waals surface area contributed by atoms with Crippen LogP contribution in [0.2, 0.25) is 0 Å². The molecule has 82 valence electrons. The summed E-state index contributed by atoms with van der Waals surface area (Å²) in [5.41, 5.74) is 10.4. The van der Waals surface area contributed by atoms with E-state index in [1.807, 2.05) is 0 Å². The molecule has 1 aliphatic rings. The first-order valence-electron chi connectivity index (χ1n) is 5.06. The predicted molar refractivity (Wildman–Crippen MR) is 53.6 cm³/mol. The van der Waals surface area contributed by atoms with Gasteiger partial charge >= 0.3 is 0 Å². The second-order valence-electron chi connectivity index (χ2n) is 3.69. The maximum absolute atomic E-state index is 10.6. The number of rotatable bonds is 5. The van der Waals surface area contributed by atoms with Crippen molar-refractivity contribution in [2.45, 2.75) is 31.3 Å². The average molecular weight is 201 g/mol. The number of nitrogens with two attached hydrogens (primary N) is 2. The van der Waals surface area contributed by atoms with Gasteiger partial charge in [-0.3, -0.25) is 4.79 Å². The number of carbonyl (C=O) groups excluding carboxylic acids is 1. The summed E-state index contributed by atoms with van der Waals surface area (Å²) in [6.45, 7) is 1.88. The van der Waals surface area contributed by atoms with Crippen LogP contribution in [-0.4, -0.2) is 37.7 Å². The monoisotopic (exact) mass is 201 g/mol. The minimum absolute atomic E-state index is 0.216. The Hall–Kier alpha value is -0.650. The number of nitrogens with one attached hydrogen (secondary N) is 1. The number of ether oxygens (including phenoxy) is 1. The molecule has 1 saturated heterocycles. The molecular weight excluding hydrogens is 182 g/mol. The van der Waals surface area contributed by atoms with Gasteiger partial charge in [0.15, 0.2) is 0 Å². The molecule has 1 rings (SSSR count). The molecule has 0 aliphatic carbocycles. The highest BCUT2D eigenvalue weighted by Crippen LogP contribution is 2.06. The highest BCUT2D eigenvalue weighted by atomic mass is 16.5. The molecule has 0 aromatic carbocycles. The first kappa shape index (κ1) is 11.4. The molecule has 14 heavy (non-hydrogen) atoms. The van der Waals surface area contributed by atoms with Crippen molar-refractivity contribution in [3.05, 3.63) is 0 Å². The Morgan fingerprint density at radius 3 is 2.93 bits per heavy atom. The van der Waals surface area contributed by atoms with Crippen LogP contribution in [0.5, 0.6) is 0 Å². The van der Waals surface area contributed by atoms with Crippen molar-refractivity contribution in [2.24, 2.45) is 11.5 Å². The van der Waals surface area contributed by atoms with E-state index < -0.39 is 11.9 Å². The summed E-state index contributed by atoms with van der Waals surface area (Å²) in [6, 6.07) is -0.276. The molecule has 0 radical (unpaired) electrons. The second-order valence-corrected chi connectivity index (χ2v) is 3.69. The second kappa shape index (κ2) is 5.95. The molecular formula is C9H19N3O2. The number of primary amides is 1. The normalized spacial score (nSPS) is 24.5. The molecule has 2 unspecified atom stereocenters. The number of carbonyl (C=O) groups is 1. The fourth-order valence-corrected chi connectivity index (χ4v) is 1.49. The van der Waals surface area contributed by atoms with Crippen LogP contribution in [0.4, 0.5) is 0 Å². The van der Waals surface area contributed by atoms with E-state index in [4.69, 9.17) is 16.2 Å². The van der Waals surface area contributed by atoms with Crippen LogP contribution in [0.1, 0.15) is 19.3 Å². The van der Waals surface area contributed by atoms with Gasteiger partial charge in [-0.05, 0) is 19.4 Å². The largest absolute Gasteiger partial charge is 0.378 e. The summed E-state index contributed by atoms with van der Waals surface area (Å²) in [5, 5.41) is 3.34. The van der Waals surface area contributed by atoms with Gasteiger partial charge < -0.3 is 21.5 Å². The molecule has 0 bridgehead atoms. The van der Waals surface area contributed by atoms with Gasteiger partial charge in [0.1, 0.15) is 6.04 Å². The van der Waals surface area contributed by atoms with Crippen molar-refractivity contribution >= 4 is 5.91 Å². The summed E-state index contributed by atoms with van der Waals surface area (Å²) >= 11 is 0. The van der Waals surface area contributed by atoms with E-state index >= 15 is 0 Å². The molecule has 5 heteroatoms. The molecule has 0 aromatic rings. The van der Waals surface area contributed by atoms with Crippen molar-refractivity contribution in [3.8, 4) is 0 Å². The first-order valence-corrected chi connectivity index (χ1v) is 5.06. The van der Waals surface area contributed by atoms with Gasteiger partial charge in [0.05, 0.1) is 13.2 Å². The number of piperidine rings is 1. The van der Waals surface area contributed by atoms with E-state index in [1.165, 1.54) is 12.8 Å². The fraction of sp³-hybridized carbons (Fsp3) is 0.889. The Morgan fingerprint density at radius 1 is 1.57 bits per heavy atom. The van der Waals surface area contributed by atoms with Gasteiger partial charge in [0.25, 0.3) is 0 Å². The quantitative estimate of drug-likeness (QED) is 0.530. The van der Waals surface area contributed by atoms with Crippen LogP contribution in [0.25, 0.3) is 0 Å². The summed E-state index contributed by atoms with van der Waals surface area (Å²) in [5.74, 6) is -0.512. The lowest BCUT2D eigenvalue weighted by Gasteiger charge is -2.23. The third-order valence-electron chi connectivity index (χ3n) is 2.39. The lowest BCUT2D eigenvalue weighted by molar-refractivity contribution is -0.120. The zero-order valence-corrected chi connectivity index (χ0v) is 8.37. The van der Waals surface area contributed by atoms with Crippen LogP contribution in [0.3, 0.4) is 0 Å². The van der Waals surface area contributed by atoms with E-state index in [1.54, 1.807) is 0 Å². The van der Waals surface area contributed by atoms with Crippen molar-refractivity contribution < 1.29 is 9.53 Å². The molecule has 0 spiro atoms. The Kier molecular flexibility index (Phi) is 4.86. The zero-order chi connectivity index (χ0) is 10.4. The fourth-order valence-electron chi connectivity index (χ4n) is 1.49. The molecule has 5 N–H and O–H groups in total. The Morgan fingerprint density at radius 2 is 2.36 bits per heavy atom. The van der Waals surface area contributed by atoms with Crippen LogP contribution in [0, 0.1) is 0 Å². The van der Waals surface area contributed by atoms with Gasteiger partial charge in [-0.25, -0.2) is 0 Å². The predicted octanol–water partition coefficient (Wildman–Crippen LogP) is -1.04. The molecule has 1 fully saturated rings. The van der Waals surface area contributed by atoms with Crippen molar-refractivity contribution in [3.63, 3.8) is 0 Å². The molecule has 1 heterocycles. The summed E-state index contributed by atoms with van der Waals surface area (Å²) in [4.78, 5) is 10.6. The maximum Gasteiger partial charge on any atom is 0.236 e. The number of hydrogen-bond donors (Lipinski definition) is 3. The molecule has 1 amide bonds.